The minimum absolute atomic E-state index is 0.215. The maximum absolute atomic E-state index is 12.4. The van der Waals surface area contributed by atoms with E-state index in [9.17, 15) is 40.4 Å². The Morgan fingerprint density at radius 3 is 2.30 bits per heavy atom. The molecule has 0 unspecified atom stereocenters. The lowest BCUT2D eigenvalue weighted by molar-refractivity contribution is -0.385. The van der Waals surface area contributed by atoms with E-state index in [4.69, 9.17) is 14.2 Å². The number of hydrogen-bond acceptors (Lipinski definition) is 10. The topological polar surface area (TPSA) is 189 Å². The Balaban J connectivity index is 1.47. The third kappa shape index (κ3) is 4.09. The smallest absolute Gasteiger partial charge is 0.303 e. The van der Waals surface area contributed by atoms with Crippen LogP contribution >= 0.6 is 0 Å². The molecule has 0 fully saturated rings. The first-order chi connectivity index (χ1) is 21.1. The van der Waals surface area contributed by atoms with Crippen molar-refractivity contribution in [3.05, 3.63) is 105 Å². The second kappa shape index (κ2) is 9.69. The summed E-state index contributed by atoms with van der Waals surface area (Å²) in [5.74, 6) is -5.35. The number of phenolic OH excluding ortho intramolecular Hbond substituents is 4. The van der Waals surface area contributed by atoms with Crippen molar-refractivity contribution in [1.82, 2.24) is 0 Å². The van der Waals surface area contributed by atoms with E-state index < -0.39 is 52.5 Å². The third-order valence-electron chi connectivity index (χ3n) is 8.58. The van der Waals surface area contributed by atoms with E-state index >= 15 is 0 Å². The zero-order valence-corrected chi connectivity index (χ0v) is 22.8. The third-order valence-corrected chi connectivity index (χ3v) is 8.58. The van der Waals surface area contributed by atoms with Crippen LogP contribution in [0.4, 0.5) is 5.69 Å². The molecule has 12 heteroatoms. The van der Waals surface area contributed by atoms with Crippen molar-refractivity contribution in [2.24, 2.45) is 5.92 Å². The Kier molecular flexibility index (Phi) is 5.99. The quantitative estimate of drug-likeness (QED) is 0.113. The summed E-state index contributed by atoms with van der Waals surface area (Å²) in [6.07, 6.45) is 0.0681. The molecule has 0 spiro atoms. The number of carbonyl (C=O) groups is 1. The van der Waals surface area contributed by atoms with Crippen LogP contribution in [0, 0.1) is 16.0 Å². The number of fused-ring (bicyclic) bond motifs is 8. The molecule has 4 atom stereocenters. The van der Waals surface area contributed by atoms with Gasteiger partial charge in [-0.05, 0) is 66.4 Å². The number of aromatic hydroxyl groups is 4. The lowest BCUT2D eigenvalue weighted by atomic mass is 9.68. The Bertz CT molecular complexity index is 1870. The Morgan fingerprint density at radius 2 is 1.59 bits per heavy atom. The van der Waals surface area contributed by atoms with E-state index in [-0.39, 0.29) is 34.2 Å². The van der Waals surface area contributed by atoms with Gasteiger partial charge < -0.3 is 39.7 Å². The van der Waals surface area contributed by atoms with Gasteiger partial charge in [-0.1, -0.05) is 12.1 Å². The predicted octanol–water partition coefficient (Wildman–Crippen LogP) is 5.34. The molecule has 5 N–H and O–H groups in total. The molecule has 2 bridgehead atoms. The molecule has 0 aromatic heterocycles. The fraction of sp³-hybridized carbons (Fsp3) is 0.219. The monoisotopic (exact) mass is 599 g/mol. The van der Waals surface area contributed by atoms with Crippen molar-refractivity contribution in [2.45, 2.75) is 37.1 Å². The molecule has 3 aliphatic rings. The number of carboxylic acids is 1. The largest absolute Gasteiger partial charge is 0.504 e. The Labute approximate surface area is 249 Å². The predicted molar refractivity (Wildman–Crippen MR) is 151 cm³/mol. The van der Waals surface area contributed by atoms with Crippen LogP contribution in [0.15, 0.2) is 66.7 Å². The minimum Gasteiger partial charge on any atom is -0.504 e. The molecule has 0 aliphatic carbocycles. The number of rotatable bonds is 5. The van der Waals surface area contributed by atoms with Crippen LogP contribution in [-0.4, -0.2) is 36.4 Å². The molecule has 7 rings (SSSR count). The number of benzene rings is 4. The number of non-ortho nitro benzene ring substituents is 1. The van der Waals surface area contributed by atoms with Crippen LogP contribution in [0.2, 0.25) is 0 Å². The molecule has 0 amide bonds. The zero-order valence-electron chi connectivity index (χ0n) is 22.8. The van der Waals surface area contributed by atoms with Gasteiger partial charge in [0, 0.05) is 34.7 Å². The number of aliphatic carboxylic acids is 1. The van der Waals surface area contributed by atoms with Crippen molar-refractivity contribution >= 4 is 11.7 Å². The van der Waals surface area contributed by atoms with Crippen LogP contribution in [-0.2, 0) is 17.0 Å². The number of nitro benzene ring substituents is 1. The van der Waals surface area contributed by atoms with E-state index in [1.54, 1.807) is 12.1 Å². The summed E-state index contributed by atoms with van der Waals surface area (Å²) < 4.78 is 19.6. The van der Waals surface area contributed by atoms with Gasteiger partial charge in [0.05, 0.1) is 17.3 Å². The molecule has 0 radical (unpaired) electrons. The maximum Gasteiger partial charge on any atom is 0.303 e. The van der Waals surface area contributed by atoms with Gasteiger partial charge in [0.1, 0.15) is 23.4 Å². The first-order valence-corrected chi connectivity index (χ1v) is 13.8. The van der Waals surface area contributed by atoms with E-state index in [0.29, 0.717) is 35.3 Å². The van der Waals surface area contributed by atoms with Crippen molar-refractivity contribution in [3.63, 3.8) is 0 Å². The van der Waals surface area contributed by atoms with Crippen molar-refractivity contribution in [1.29, 1.82) is 0 Å². The normalized spacial score (nSPS) is 22.7. The number of nitrogens with zero attached hydrogens (tertiary/aromatic N) is 1. The van der Waals surface area contributed by atoms with E-state index in [2.05, 4.69) is 0 Å². The average molecular weight is 600 g/mol. The highest BCUT2D eigenvalue weighted by Gasteiger charge is 2.59. The molecule has 3 heterocycles. The summed E-state index contributed by atoms with van der Waals surface area (Å²) in [5.41, 5.74) is 2.30. The van der Waals surface area contributed by atoms with Gasteiger partial charge in [-0.3, -0.25) is 14.9 Å². The van der Waals surface area contributed by atoms with E-state index in [1.165, 1.54) is 48.5 Å². The number of carboxylic acid groups (broad SMARTS) is 1. The highest BCUT2D eigenvalue weighted by molar-refractivity contribution is 5.70. The molecule has 44 heavy (non-hydrogen) atoms. The van der Waals surface area contributed by atoms with Crippen molar-refractivity contribution in [2.75, 3.05) is 0 Å². The second-order valence-electron chi connectivity index (χ2n) is 11.1. The highest BCUT2D eigenvalue weighted by Crippen LogP contribution is 2.63. The molecule has 4 aromatic rings. The summed E-state index contributed by atoms with van der Waals surface area (Å²) >= 11 is 0. The Hall–Kier alpha value is -5.65. The van der Waals surface area contributed by atoms with Crippen LogP contribution in [0.3, 0.4) is 0 Å². The summed E-state index contributed by atoms with van der Waals surface area (Å²) in [5, 5.41) is 62.3. The summed E-state index contributed by atoms with van der Waals surface area (Å²) in [7, 11) is 0. The lowest BCUT2D eigenvalue weighted by Gasteiger charge is -2.52. The van der Waals surface area contributed by atoms with Crippen molar-refractivity contribution < 1.29 is 49.5 Å². The van der Waals surface area contributed by atoms with Crippen LogP contribution in [0.25, 0.3) is 0 Å². The summed E-state index contributed by atoms with van der Waals surface area (Å²) in [4.78, 5) is 23.7. The first-order valence-electron chi connectivity index (χ1n) is 13.8. The summed E-state index contributed by atoms with van der Waals surface area (Å²) in [6.45, 7) is 0. The number of ether oxygens (including phenoxy) is 3. The van der Waals surface area contributed by atoms with Gasteiger partial charge in [-0.15, -0.1) is 0 Å². The molecule has 0 saturated heterocycles. The standard InChI is InChI=1S/C32H25NO11/c34-21-6-1-16(11-23(21)36)25-8-2-15-3-9-27-30(31(15)42-25)29-19-13-18(33(40)41)5-10-26(19)43-32(44-27,20(29)14-28(38)39)17-4-7-22(35)24(37)12-17/h1,3-7,9-13,20,25,29,34-37H,2,8,14H2,(H,38,39)/t20-,25-,29+,32+/m1/s1. The molecule has 0 saturated carbocycles. The van der Waals surface area contributed by atoms with Crippen molar-refractivity contribution in [3.8, 4) is 40.2 Å². The number of nitro groups is 1. The fourth-order valence-corrected chi connectivity index (χ4v) is 6.60. The van der Waals surface area contributed by atoms with Gasteiger partial charge >= 0.3 is 5.97 Å². The molecule has 224 valence electrons. The molecule has 3 aliphatic heterocycles. The Morgan fingerprint density at radius 1 is 0.886 bits per heavy atom. The van der Waals surface area contributed by atoms with Gasteiger partial charge in [-0.25, -0.2) is 0 Å². The fourth-order valence-electron chi connectivity index (χ4n) is 6.60. The molecule has 12 nitrogen and oxygen atoms in total. The average Bonchev–Trinajstić information content (AvgIpc) is 2.99. The van der Waals surface area contributed by atoms with Gasteiger partial charge in [0.2, 0.25) is 0 Å². The second-order valence-corrected chi connectivity index (χ2v) is 11.1. The van der Waals surface area contributed by atoms with Gasteiger partial charge in [0.15, 0.2) is 23.0 Å². The zero-order chi connectivity index (χ0) is 30.9. The molecule has 4 aromatic carbocycles. The highest BCUT2D eigenvalue weighted by atomic mass is 16.7. The van der Waals surface area contributed by atoms with Gasteiger partial charge in [-0.2, -0.15) is 0 Å². The van der Waals surface area contributed by atoms with Crippen LogP contribution < -0.4 is 14.2 Å². The molecular weight excluding hydrogens is 574 g/mol. The SMILES string of the molecule is O=C(O)C[C@@H]1[C@@H]2c3cc([N+](=O)[O-])ccc3O[C@@]1(c1ccc(O)c(O)c1)Oc1ccc3c(c12)O[C@@H](c1ccc(O)c(O)c1)CC3. The van der Waals surface area contributed by atoms with Crippen LogP contribution in [0.5, 0.6) is 40.2 Å². The van der Waals surface area contributed by atoms with E-state index in [1.807, 2.05) is 6.07 Å². The molecular formula is C32H25NO11. The lowest BCUT2D eigenvalue weighted by Crippen LogP contribution is -2.54. The number of hydrogen-bond donors (Lipinski definition) is 5. The number of aryl methyl sites for hydroxylation is 1. The van der Waals surface area contributed by atoms with Crippen LogP contribution in [0.1, 0.15) is 52.7 Å². The summed E-state index contributed by atoms with van der Waals surface area (Å²) in [6, 6.07) is 16.0. The first kappa shape index (κ1) is 27.2. The van der Waals surface area contributed by atoms with E-state index in [0.717, 1.165) is 5.56 Å². The minimum atomic E-state index is -1.81. The maximum atomic E-state index is 12.4. The van der Waals surface area contributed by atoms with Gasteiger partial charge in [0.25, 0.3) is 11.5 Å². The number of phenols is 4.